The van der Waals surface area contributed by atoms with Gasteiger partial charge >= 0.3 is 5.97 Å². The van der Waals surface area contributed by atoms with Gasteiger partial charge in [0.05, 0.1) is 17.0 Å². The van der Waals surface area contributed by atoms with Gasteiger partial charge in [-0.1, -0.05) is 0 Å². The van der Waals surface area contributed by atoms with Crippen molar-refractivity contribution in [1.82, 2.24) is 0 Å². The SMILES string of the molecule is Cc1cc(I)ccc1NC(=O)COC(=O)c1ccc2c(c1)NC(=O)CS2. The highest BCUT2D eigenvalue weighted by atomic mass is 127. The van der Waals surface area contributed by atoms with Crippen LogP contribution in [0.25, 0.3) is 0 Å². The molecule has 2 amide bonds. The smallest absolute Gasteiger partial charge is 0.338 e. The number of carbonyl (C=O) groups is 3. The van der Waals surface area contributed by atoms with Crippen molar-refractivity contribution in [3.63, 3.8) is 0 Å². The summed E-state index contributed by atoms with van der Waals surface area (Å²) < 4.78 is 6.14. The van der Waals surface area contributed by atoms with Crippen LogP contribution in [0.5, 0.6) is 0 Å². The summed E-state index contributed by atoms with van der Waals surface area (Å²) in [4.78, 5) is 36.5. The van der Waals surface area contributed by atoms with Crippen LogP contribution in [-0.4, -0.2) is 30.1 Å². The Morgan fingerprint density at radius 1 is 1.27 bits per heavy atom. The first-order chi connectivity index (χ1) is 12.4. The van der Waals surface area contributed by atoms with Crippen LogP contribution in [0.15, 0.2) is 41.3 Å². The van der Waals surface area contributed by atoms with Gasteiger partial charge in [0, 0.05) is 14.2 Å². The molecule has 0 spiro atoms. The van der Waals surface area contributed by atoms with Crippen molar-refractivity contribution in [3.8, 4) is 0 Å². The Kier molecular flexibility index (Phi) is 5.82. The van der Waals surface area contributed by atoms with Crippen LogP contribution in [0.2, 0.25) is 0 Å². The molecule has 26 heavy (non-hydrogen) atoms. The van der Waals surface area contributed by atoms with Gasteiger partial charge in [-0.05, 0) is 71.5 Å². The van der Waals surface area contributed by atoms with E-state index >= 15 is 0 Å². The number of nitrogens with one attached hydrogen (secondary N) is 2. The van der Waals surface area contributed by atoms with E-state index < -0.39 is 11.9 Å². The molecule has 2 N–H and O–H groups in total. The molecular weight excluding hydrogens is 467 g/mol. The van der Waals surface area contributed by atoms with Crippen LogP contribution in [0.4, 0.5) is 11.4 Å². The van der Waals surface area contributed by atoms with Gasteiger partial charge in [-0.2, -0.15) is 0 Å². The number of rotatable bonds is 4. The highest BCUT2D eigenvalue weighted by Crippen LogP contribution is 2.32. The zero-order valence-electron chi connectivity index (χ0n) is 13.8. The number of fused-ring (bicyclic) bond motifs is 1. The van der Waals surface area contributed by atoms with Crippen molar-refractivity contribution >= 4 is 63.5 Å². The zero-order chi connectivity index (χ0) is 18.7. The molecule has 2 aromatic carbocycles. The summed E-state index contributed by atoms with van der Waals surface area (Å²) in [5, 5.41) is 5.44. The Balaban J connectivity index is 1.59. The summed E-state index contributed by atoms with van der Waals surface area (Å²) in [6, 6.07) is 10.6. The van der Waals surface area contributed by atoms with E-state index in [2.05, 4.69) is 33.2 Å². The number of esters is 1. The standard InChI is InChI=1S/C18H15IN2O4S/c1-10-6-12(19)3-4-13(10)20-16(22)8-25-18(24)11-2-5-15-14(7-11)21-17(23)9-26-15/h2-7H,8-9H2,1H3,(H,20,22)(H,21,23). The Morgan fingerprint density at radius 2 is 2.08 bits per heavy atom. The van der Waals surface area contributed by atoms with Crippen LogP contribution < -0.4 is 10.6 Å². The number of thioether (sulfide) groups is 1. The molecule has 1 aliphatic heterocycles. The Morgan fingerprint density at radius 3 is 2.85 bits per heavy atom. The summed E-state index contributed by atoms with van der Waals surface area (Å²) in [6.07, 6.45) is 0. The predicted molar refractivity (Wildman–Crippen MR) is 109 cm³/mol. The monoisotopic (exact) mass is 482 g/mol. The fraction of sp³-hybridized carbons (Fsp3) is 0.167. The van der Waals surface area contributed by atoms with Gasteiger partial charge in [-0.15, -0.1) is 11.8 Å². The van der Waals surface area contributed by atoms with Crippen molar-refractivity contribution in [3.05, 3.63) is 51.1 Å². The maximum absolute atomic E-state index is 12.2. The van der Waals surface area contributed by atoms with Gasteiger partial charge in [0.1, 0.15) is 0 Å². The number of benzene rings is 2. The van der Waals surface area contributed by atoms with E-state index in [-0.39, 0.29) is 18.1 Å². The third-order valence-corrected chi connectivity index (χ3v) is 5.39. The van der Waals surface area contributed by atoms with Crippen molar-refractivity contribution < 1.29 is 19.1 Å². The lowest BCUT2D eigenvalue weighted by Crippen LogP contribution is -2.22. The van der Waals surface area contributed by atoms with E-state index in [1.807, 2.05) is 19.1 Å². The second-order valence-electron chi connectivity index (χ2n) is 5.63. The third kappa shape index (κ3) is 4.55. The quantitative estimate of drug-likeness (QED) is 0.516. The molecule has 2 aromatic rings. The molecular formula is C18H15IN2O4S. The highest BCUT2D eigenvalue weighted by molar-refractivity contribution is 14.1. The number of halogens is 1. The number of amides is 2. The van der Waals surface area contributed by atoms with Gasteiger partial charge < -0.3 is 15.4 Å². The first-order valence-electron chi connectivity index (χ1n) is 7.72. The molecule has 8 heteroatoms. The molecule has 0 bridgehead atoms. The van der Waals surface area contributed by atoms with Gasteiger partial charge in [0.2, 0.25) is 5.91 Å². The summed E-state index contributed by atoms with van der Waals surface area (Å²) in [6.45, 7) is 1.51. The summed E-state index contributed by atoms with van der Waals surface area (Å²) in [5.74, 6) is -0.786. The van der Waals surface area contributed by atoms with Crippen LogP contribution in [0.1, 0.15) is 15.9 Å². The van der Waals surface area contributed by atoms with Gasteiger partial charge in [-0.25, -0.2) is 4.79 Å². The Hall–Kier alpha value is -2.07. The van der Waals surface area contributed by atoms with E-state index in [9.17, 15) is 14.4 Å². The summed E-state index contributed by atoms with van der Waals surface area (Å²) in [7, 11) is 0. The van der Waals surface area contributed by atoms with Crippen LogP contribution in [0.3, 0.4) is 0 Å². The second kappa shape index (κ2) is 8.09. The maximum atomic E-state index is 12.2. The second-order valence-corrected chi connectivity index (χ2v) is 7.89. The molecule has 0 saturated carbocycles. The molecule has 1 heterocycles. The molecule has 3 rings (SSSR count). The number of aryl methyl sites for hydroxylation is 1. The third-order valence-electron chi connectivity index (χ3n) is 3.65. The van der Waals surface area contributed by atoms with E-state index in [0.29, 0.717) is 17.1 Å². The van der Waals surface area contributed by atoms with Crippen molar-refractivity contribution in [2.24, 2.45) is 0 Å². The molecule has 0 saturated heterocycles. The number of ether oxygens (including phenoxy) is 1. The van der Waals surface area contributed by atoms with Crippen molar-refractivity contribution in [2.45, 2.75) is 11.8 Å². The highest BCUT2D eigenvalue weighted by Gasteiger charge is 2.18. The van der Waals surface area contributed by atoms with Crippen molar-refractivity contribution in [1.29, 1.82) is 0 Å². The minimum Gasteiger partial charge on any atom is -0.452 e. The first kappa shape index (κ1) is 18.7. The minimum absolute atomic E-state index is 0.111. The minimum atomic E-state index is -0.618. The average molecular weight is 482 g/mol. The van der Waals surface area contributed by atoms with E-state index in [4.69, 9.17) is 4.74 Å². The fourth-order valence-corrected chi connectivity index (χ4v) is 3.81. The lowest BCUT2D eigenvalue weighted by Gasteiger charge is -2.16. The zero-order valence-corrected chi connectivity index (χ0v) is 16.8. The number of carbonyl (C=O) groups excluding carboxylic acids is 3. The van der Waals surface area contributed by atoms with Crippen molar-refractivity contribution in [2.75, 3.05) is 23.0 Å². The van der Waals surface area contributed by atoms with E-state index in [1.54, 1.807) is 24.3 Å². The van der Waals surface area contributed by atoms with E-state index in [1.165, 1.54) is 11.8 Å². The number of hydrogen-bond donors (Lipinski definition) is 2. The Bertz CT molecular complexity index is 901. The summed E-state index contributed by atoms with van der Waals surface area (Å²) in [5.41, 5.74) is 2.48. The molecule has 0 atom stereocenters. The largest absolute Gasteiger partial charge is 0.452 e. The average Bonchev–Trinajstić information content (AvgIpc) is 2.61. The Labute approximate surface area is 168 Å². The topological polar surface area (TPSA) is 84.5 Å². The molecule has 0 aliphatic carbocycles. The fourth-order valence-electron chi connectivity index (χ4n) is 2.38. The molecule has 1 aliphatic rings. The lowest BCUT2D eigenvalue weighted by molar-refractivity contribution is -0.119. The van der Waals surface area contributed by atoms with Crippen LogP contribution >= 0.6 is 34.4 Å². The van der Waals surface area contributed by atoms with Gasteiger partial charge in [0.25, 0.3) is 5.91 Å². The number of hydrogen-bond acceptors (Lipinski definition) is 5. The molecule has 0 fully saturated rings. The normalized spacial score (nSPS) is 12.8. The molecule has 134 valence electrons. The predicted octanol–water partition coefficient (Wildman–Crippen LogP) is 3.44. The van der Waals surface area contributed by atoms with Gasteiger partial charge in [0.15, 0.2) is 6.61 Å². The molecule has 0 unspecified atom stereocenters. The first-order valence-corrected chi connectivity index (χ1v) is 9.78. The maximum Gasteiger partial charge on any atom is 0.338 e. The lowest BCUT2D eigenvalue weighted by atomic mass is 10.2. The van der Waals surface area contributed by atoms with Gasteiger partial charge in [-0.3, -0.25) is 9.59 Å². The summed E-state index contributed by atoms with van der Waals surface area (Å²) >= 11 is 3.60. The molecule has 0 radical (unpaired) electrons. The number of anilines is 2. The van der Waals surface area contributed by atoms with Crippen LogP contribution in [0, 0.1) is 10.5 Å². The molecule has 0 aromatic heterocycles. The van der Waals surface area contributed by atoms with E-state index in [0.717, 1.165) is 14.0 Å². The molecule has 6 nitrogen and oxygen atoms in total. The van der Waals surface area contributed by atoms with Crippen LogP contribution in [-0.2, 0) is 14.3 Å².